The van der Waals surface area contributed by atoms with E-state index in [2.05, 4.69) is 41.6 Å². The van der Waals surface area contributed by atoms with E-state index in [1.165, 1.54) is 15.8 Å². The maximum absolute atomic E-state index is 12.9. The fourth-order valence-electron chi connectivity index (χ4n) is 3.94. The molecule has 0 radical (unpaired) electrons. The molecule has 2 amide bonds. The zero-order valence-electron chi connectivity index (χ0n) is 18.2. The summed E-state index contributed by atoms with van der Waals surface area (Å²) in [6, 6.07) is 14.3. The third kappa shape index (κ3) is 4.80. The molecular formula is C22H22N10O2. The number of nitrogens with one attached hydrogen (secondary N) is 2. The standard InChI is InChI=1S/C22H22N10O2/c33-20(24-16-7-1-2-8-16)13-32-27-21(26-29-32)18-10-3-4-11-19(18)25-22(34)15-6-5-9-17(12-15)31-14-23-28-30-31/h3-6,9-12,14,16H,1-2,7-8,13H2,(H,24,33)(H,25,34). The van der Waals surface area contributed by atoms with Gasteiger partial charge >= 0.3 is 0 Å². The van der Waals surface area contributed by atoms with Gasteiger partial charge in [-0.1, -0.05) is 31.0 Å². The van der Waals surface area contributed by atoms with Gasteiger partial charge in [0.1, 0.15) is 12.9 Å². The Bertz CT molecular complexity index is 1290. The second-order valence-electron chi connectivity index (χ2n) is 8.00. The monoisotopic (exact) mass is 458 g/mol. The van der Waals surface area contributed by atoms with Crippen molar-refractivity contribution in [3.05, 3.63) is 60.4 Å². The van der Waals surface area contributed by atoms with Crippen molar-refractivity contribution in [1.82, 2.24) is 45.7 Å². The molecule has 0 aliphatic heterocycles. The van der Waals surface area contributed by atoms with Crippen molar-refractivity contribution in [2.75, 3.05) is 5.32 Å². The van der Waals surface area contributed by atoms with Gasteiger partial charge in [0, 0.05) is 17.2 Å². The number of tetrazole rings is 2. The van der Waals surface area contributed by atoms with Crippen molar-refractivity contribution >= 4 is 17.5 Å². The van der Waals surface area contributed by atoms with Crippen molar-refractivity contribution < 1.29 is 9.59 Å². The lowest BCUT2D eigenvalue weighted by molar-refractivity contribution is -0.122. The quantitative estimate of drug-likeness (QED) is 0.425. The Hall–Kier alpha value is -4.48. The zero-order valence-corrected chi connectivity index (χ0v) is 18.2. The first kappa shape index (κ1) is 21.4. The summed E-state index contributed by atoms with van der Waals surface area (Å²) in [7, 11) is 0. The predicted molar refractivity (Wildman–Crippen MR) is 121 cm³/mol. The van der Waals surface area contributed by atoms with E-state index in [1.54, 1.807) is 42.5 Å². The van der Waals surface area contributed by atoms with Crippen LogP contribution in [-0.4, -0.2) is 58.3 Å². The highest BCUT2D eigenvalue weighted by Crippen LogP contribution is 2.25. The molecule has 5 rings (SSSR count). The Morgan fingerprint density at radius 1 is 1.03 bits per heavy atom. The number of amides is 2. The normalized spacial score (nSPS) is 13.6. The molecule has 12 heteroatoms. The molecule has 1 aliphatic carbocycles. The van der Waals surface area contributed by atoms with E-state index in [-0.39, 0.29) is 24.4 Å². The van der Waals surface area contributed by atoms with Gasteiger partial charge in [0.05, 0.1) is 11.4 Å². The summed E-state index contributed by atoms with van der Waals surface area (Å²) in [5.41, 5.74) is 2.21. The average molecular weight is 458 g/mol. The van der Waals surface area contributed by atoms with Crippen molar-refractivity contribution in [3.63, 3.8) is 0 Å². The lowest BCUT2D eigenvalue weighted by atomic mass is 10.1. The van der Waals surface area contributed by atoms with Crippen LogP contribution in [-0.2, 0) is 11.3 Å². The minimum Gasteiger partial charge on any atom is -0.352 e. The molecule has 1 saturated carbocycles. The molecular weight excluding hydrogens is 436 g/mol. The number of carbonyl (C=O) groups is 2. The molecule has 1 fully saturated rings. The Kier molecular flexibility index (Phi) is 6.01. The summed E-state index contributed by atoms with van der Waals surface area (Å²) < 4.78 is 1.47. The van der Waals surface area contributed by atoms with Gasteiger partial charge < -0.3 is 10.6 Å². The van der Waals surface area contributed by atoms with Crippen LogP contribution in [0.25, 0.3) is 17.1 Å². The number of aromatic nitrogens is 8. The molecule has 172 valence electrons. The largest absolute Gasteiger partial charge is 0.352 e. The first-order valence-corrected chi connectivity index (χ1v) is 11.0. The molecule has 2 heterocycles. The second-order valence-corrected chi connectivity index (χ2v) is 8.00. The number of benzene rings is 2. The smallest absolute Gasteiger partial charge is 0.255 e. The maximum Gasteiger partial charge on any atom is 0.255 e. The van der Waals surface area contributed by atoms with E-state index in [9.17, 15) is 9.59 Å². The Balaban J connectivity index is 1.30. The Labute approximate surface area is 194 Å². The van der Waals surface area contributed by atoms with Crippen LogP contribution >= 0.6 is 0 Å². The first-order chi connectivity index (χ1) is 16.7. The molecule has 2 N–H and O–H groups in total. The van der Waals surface area contributed by atoms with Crippen LogP contribution < -0.4 is 10.6 Å². The number of hydrogen-bond donors (Lipinski definition) is 2. The van der Waals surface area contributed by atoms with Crippen LogP contribution in [0, 0.1) is 0 Å². The lowest BCUT2D eigenvalue weighted by Crippen LogP contribution is -2.35. The van der Waals surface area contributed by atoms with Crippen molar-refractivity contribution in [1.29, 1.82) is 0 Å². The summed E-state index contributed by atoms with van der Waals surface area (Å²) >= 11 is 0. The van der Waals surface area contributed by atoms with Crippen LogP contribution in [0.3, 0.4) is 0 Å². The molecule has 0 saturated heterocycles. The Morgan fingerprint density at radius 2 is 1.88 bits per heavy atom. The molecule has 2 aromatic heterocycles. The summed E-state index contributed by atoms with van der Waals surface area (Å²) in [4.78, 5) is 26.5. The van der Waals surface area contributed by atoms with Gasteiger partial charge in [-0.05, 0) is 58.8 Å². The molecule has 12 nitrogen and oxygen atoms in total. The zero-order chi connectivity index (χ0) is 23.3. The van der Waals surface area contributed by atoms with Gasteiger partial charge in [-0.2, -0.15) is 4.80 Å². The van der Waals surface area contributed by atoms with Crippen molar-refractivity contribution in [2.45, 2.75) is 38.3 Å². The summed E-state index contributed by atoms with van der Waals surface area (Å²) in [5.74, 6) is -0.141. The number of hydrogen-bond acceptors (Lipinski definition) is 8. The molecule has 2 aromatic carbocycles. The molecule has 1 aliphatic rings. The fourth-order valence-corrected chi connectivity index (χ4v) is 3.94. The highest BCUT2D eigenvalue weighted by atomic mass is 16.2. The van der Waals surface area contributed by atoms with E-state index in [0.29, 0.717) is 28.3 Å². The number of carbonyl (C=O) groups excluding carboxylic acids is 2. The first-order valence-electron chi connectivity index (χ1n) is 11.0. The van der Waals surface area contributed by atoms with E-state index in [0.717, 1.165) is 25.7 Å². The third-order valence-corrected chi connectivity index (χ3v) is 5.60. The minimum atomic E-state index is -0.314. The van der Waals surface area contributed by atoms with E-state index in [4.69, 9.17) is 0 Å². The lowest BCUT2D eigenvalue weighted by Gasteiger charge is -2.11. The highest BCUT2D eigenvalue weighted by Gasteiger charge is 2.19. The SMILES string of the molecule is O=C(Cn1nnc(-c2ccccc2NC(=O)c2cccc(-n3cnnn3)c2)n1)NC1CCCC1. The minimum absolute atomic E-state index is 0.0119. The van der Waals surface area contributed by atoms with Crippen LogP contribution in [0.15, 0.2) is 54.9 Å². The molecule has 0 unspecified atom stereocenters. The van der Waals surface area contributed by atoms with E-state index < -0.39 is 0 Å². The van der Waals surface area contributed by atoms with Gasteiger partial charge in [0.2, 0.25) is 11.7 Å². The van der Waals surface area contributed by atoms with Crippen molar-refractivity contribution in [2.24, 2.45) is 0 Å². The van der Waals surface area contributed by atoms with E-state index >= 15 is 0 Å². The highest BCUT2D eigenvalue weighted by molar-refractivity contribution is 6.06. The van der Waals surface area contributed by atoms with Gasteiger partial charge in [-0.15, -0.1) is 15.3 Å². The number of para-hydroxylation sites is 1. The molecule has 0 bridgehead atoms. The average Bonchev–Trinajstić information content (AvgIpc) is 3.63. The second kappa shape index (κ2) is 9.57. The van der Waals surface area contributed by atoms with E-state index in [1.807, 2.05) is 6.07 Å². The summed E-state index contributed by atoms with van der Waals surface area (Å²) in [6.07, 6.45) is 5.75. The molecule has 4 aromatic rings. The van der Waals surface area contributed by atoms with Crippen LogP contribution in [0.2, 0.25) is 0 Å². The molecule has 0 atom stereocenters. The van der Waals surface area contributed by atoms with Crippen molar-refractivity contribution in [3.8, 4) is 17.1 Å². The van der Waals surface area contributed by atoms with Crippen LogP contribution in [0.4, 0.5) is 5.69 Å². The summed E-state index contributed by atoms with van der Waals surface area (Å²) in [5, 5.41) is 29.4. The summed E-state index contributed by atoms with van der Waals surface area (Å²) in [6.45, 7) is -0.0119. The van der Waals surface area contributed by atoms with Gasteiger partial charge in [-0.25, -0.2) is 4.68 Å². The Morgan fingerprint density at radius 3 is 2.71 bits per heavy atom. The maximum atomic E-state index is 12.9. The van der Waals surface area contributed by atoms with Gasteiger partial charge in [-0.3, -0.25) is 9.59 Å². The number of anilines is 1. The van der Waals surface area contributed by atoms with Crippen LogP contribution in [0.1, 0.15) is 36.0 Å². The number of nitrogens with zero attached hydrogens (tertiary/aromatic N) is 8. The molecule has 34 heavy (non-hydrogen) atoms. The fraction of sp³-hybridized carbons (Fsp3) is 0.273. The molecule has 0 spiro atoms. The predicted octanol–water partition coefficient (Wildman–Crippen LogP) is 1.63. The topological polar surface area (TPSA) is 145 Å². The van der Waals surface area contributed by atoms with Crippen LogP contribution in [0.5, 0.6) is 0 Å². The van der Waals surface area contributed by atoms with Gasteiger partial charge in [0.15, 0.2) is 0 Å². The van der Waals surface area contributed by atoms with Gasteiger partial charge in [0.25, 0.3) is 5.91 Å². The third-order valence-electron chi connectivity index (χ3n) is 5.60. The number of rotatable bonds is 7.